The van der Waals surface area contributed by atoms with Gasteiger partial charge >= 0.3 is 0 Å². The van der Waals surface area contributed by atoms with Gasteiger partial charge in [-0.1, -0.05) is 31.2 Å². The van der Waals surface area contributed by atoms with Crippen LogP contribution in [0.15, 0.2) is 30.3 Å². The largest absolute Gasteiger partial charge is 0.492 e. The third-order valence-corrected chi connectivity index (χ3v) is 2.56. The molecule has 0 aromatic heterocycles. The van der Waals surface area contributed by atoms with Crippen LogP contribution in [0, 0.1) is 5.92 Å². The van der Waals surface area contributed by atoms with Gasteiger partial charge in [-0.2, -0.15) is 0 Å². The fourth-order valence-electron chi connectivity index (χ4n) is 1.84. The number of hydrogen-bond donors (Lipinski definition) is 1. The van der Waals surface area contributed by atoms with Crippen LogP contribution >= 0.6 is 0 Å². The van der Waals surface area contributed by atoms with E-state index in [0.717, 1.165) is 12.4 Å². The molecule has 1 aromatic carbocycles. The summed E-state index contributed by atoms with van der Waals surface area (Å²) in [6.07, 6.45) is 2.09. The Labute approximate surface area is 84.4 Å². The Balaban J connectivity index is 2.46. The van der Waals surface area contributed by atoms with E-state index in [1.54, 1.807) is 0 Å². The van der Waals surface area contributed by atoms with Gasteiger partial charge in [0.25, 0.3) is 0 Å². The average Bonchev–Trinajstić information content (AvgIpc) is 2.23. The summed E-state index contributed by atoms with van der Waals surface area (Å²) in [5.41, 5.74) is 8.07. The maximum Gasteiger partial charge on any atom is 0.126 e. The SMILES string of the molecule is CC1COc2ccccc2/C1=C\CN. The zero-order valence-electron chi connectivity index (χ0n) is 8.36. The zero-order valence-corrected chi connectivity index (χ0v) is 8.36. The molecule has 0 amide bonds. The van der Waals surface area contributed by atoms with Crippen molar-refractivity contribution in [1.82, 2.24) is 0 Å². The number of rotatable bonds is 1. The molecule has 0 aliphatic carbocycles. The molecule has 14 heavy (non-hydrogen) atoms. The molecular formula is C12H15NO. The zero-order chi connectivity index (χ0) is 9.97. The quantitative estimate of drug-likeness (QED) is 0.734. The van der Waals surface area contributed by atoms with Crippen molar-refractivity contribution in [2.75, 3.05) is 13.2 Å². The lowest BCUT2D eigenvalue weighted by atomic mass is 9.91. The van der Waals surface area contributed by atoms with Crippen molar-refractivity contribution < 1.29 is 4.74 Å². The van der Waals surface area contributed by atoms with Crippen molar-refractivity contribution in [3.63, 3.8) is 0 Å². The third kappa shape index (κ3) is 1.53. The molecule has 0 spiro atoms. The predicted molar refractivity (Wildman–Crippen MR) is 58.1 cm³/mol. The molecule has 2 N–H and O–H groups in total. The van der Waals surface area contributed by atoms with Gasteiger partial charge < -0.3 is 10.5 Å². The lowest BCUT2D eigenvalue weighted by Crippen LogP contribution is -2.18. The molecule has 74 valence electrons. The second kappa shape index (κ2) is 3.84. The van der Waals surface area contributed by atoms with E-state index < -0.39 is 0 Å². The van der Waals surface area contributed by atoms with E-state index in [0.29, 0.717) is 12.5 Å². The molecule has 0 bridgehead atoms. The summed E-state index contributed by atoms with van der Waals surface area (Å²) in [5, 5.41) is 0. The van der Waals surface area contributed by atoms with Crippen LogP contribution < -0.4 is 10.5 Å². The maximum absolute atomic E-state index is 5.63. The Kier molecular flexibility index (Phi) is 2.55. The summed E-state index contributed by atoms with van der Waals surface area (Å²) >= 11 is 0. The number of hydrogen-bond acceptors (Lipinski definition) is 2. The molecule has 0 saturated carbocycles. The van der Waals surface area contributed by atoms with Crippen molar-refractivity contribution >= 4 is 5.57 Å². The van der Waals surface area contributed by atoms with Crippen molar-refractivity contribution in [2.24, 2.45) is 11.7 Å². The predicted octanol–water partition coefficient (Wildman–Crippen LogP) is 2.06. The highest BCUT2D eigenvalue weighted by molar-refractivity contribution is 5.73. The Morgan fingerprint density at radius 2 is 2.29 bits per heavy atom. The van der Waals surface area contributed by atoms with E-state index in [1.165, 1.54) is 11.1 Å². The number of benzene rings is 1. The van der Waals surface area contributed by atoms with Crippen LogP contribution in [0.5, 0.6) is 5.75 Å². The fraction of sp³-hybridized carbons (Fsp3) is 0.333. The summed E-state index contributed by atoms with van der Waals surface area (Å²) in [5.74, 6) is 1.42. The molecule has 1 aromatic rings. The summed E-state index contributed by atoms with van der Waals surface area (Å²) in [4.78, 5) is 0. The lowest BCUT2D eigenvalue weighted by molar-refractivity contribution is 0.276. The monoisotopic (exact) mass is 189 g/mol. The highest BCUT2D eigenvalue weighted by atomic mass is 16.5. The molecule has 2 rings (SSSR count). The van der Waals surface area contributed by atoms with Gasteiger partial charge in [0, 0.05) is 18.0 Å². The van der Waals surface area contributed by atoms with Gasteiger partial charge in [0.05, 0.1) is 6.61 Å². The number of nitrogens with two attached hydrogens (primary N) is 1. The van der Waals surface area contributed by atoms with Gasteiger partial charge in [0.1, 0.15) is 5.75 Å². The van der Waals surface area contributed by atoms with E-state index in [2.05, 4.69) is 19.1 Å². The maximum atomic E-state index is 5.63. The van der Waals surface area contributed by atoms with Gasteiger partial charge in [-0.3, -0.25) is 0 Å². The molecule has 1 aliphatic heterocycles. The third-order valence-electron chi connectivity index (χ3n) is 2.56. The van der Waals surface area contributed by atoms with Crippen molar-refractivity contribution in [3.8, 4) is 5.75 Å². The second-order valence-electron chi connectivity index (χ2n) is 3.60. The van der Waals surface area contributed by atoms with Crippen LogP contribution in [0.3, 0.4) is 0 Å². The van der Waals surface area contributed by atoms with Crippen LogP contribution in [-0.4, -0.2) is 13.2 Å². The van der Waals surface area contributed by atoms with Gasteiger partial charge in [-0.05, 0) is 11.6 Å². The first-order chi connectivity index (χ1) is 6.83. The molecule has 0 saturated heterocycles. The summed E-state index contributed by atoms with van der Waals surface area (Å²) in [6.45, 7) is 3.51. The first-order valence-electron chi connectivity index (χ1n) is 4.95. The van der Waals surface area contributed by atoms with Crippen LogP contribution in [0.2, 0.25) is 0 Å². The van der Waals surface area contributed by atoms with Gasteiger partial charge in [0.2, 0.25) is 0 Å². The number of fused-ring (bicyclic) bond motifs is 1. The normalized spacial score (nSPS) is 23.0. The highest BCUT2D eigenvalue weighted by Gasteiger charge is 2.20. The molecule has 1 atom stereocenters. The smallest absolute Gasteiger partial charge is 0.126 e. The topological polar surface area (TPSA) is 35.2 Å². The number of ether oxygens (including phenoxy) is 1. The van der Waals surface area contributed by atoms with Gasteiger partial charge in [-0.25, -0.2) is 0 Å². The number of para-hydroxylation sites is 1. The van der Waals surface area contributed by atoms with Crippen molar-refractivity contribution in [1.29, 1.82) is 0 Å². The van der Waals surface area contributed by atoms with Crippen LogP contribution in [-0.2, 0) is 0 Å². The molecular weight excluding hydrogens is 174 g/mol. The minimum absolute atomic E-state index is 0.438. The van der Waals surface area contributed by atoms with Gasteiger partial charge in [0.15, 0.2) is 0 Å². The van der Waals surface area contributed by atoms with E-state index in [4.69, 9.17) is 10.5 Å². The Morgan fingerprint density at radius 1 is 1.50 bits per heavy atom. The fourth-order valence-corrected chi connectivity index (χ4v) is 1.84. The Bertz CT molecular complexity index is 357. The first kappa shape index (κ1) is 9.28. The molecule has 2 nitrogen and oxygen atoms in total. The molecule has 1 heterocycles. The molecule has 1 unspecified atom stereocenters. The Hall–Kier alpha value is -1.28. The van der Waals surface area contributed by atoms with Crippen LogP contribution in [0.4, 0.5) is 0 Å². The molecule has 2 heteroatoms. The molecule has 1 aliphatic rings. The minimum atomic E-state index is 0.438. The standard InChI is InChI=1S/C12H15NO/c1-9-8-14-12-5-3-2-4-11(12)10(9)6-7-13/h2-6,9H,7-8,13H2,1H3/b10-6-. The van der Waals surface area contributed by atoms with Crippen LogP contribution in [0.1, 0.15) is 12.5 Å². The van der Waals surface area contributed by atoms with Crippen molar-refractivity contribution in [3.05, 3.63) is 35.9 Å². The Morgan fingerprint density at radius 3 is 3.07 bits per heavy atom. The van der Waals surface area contributed by atoms with E-state index in [1.807, 2.05) is 18.2 Å². The van der Waals surface area contributed by atoms with E-state index in [9.17, 15) is 0 Å². The van der Waals surface area contributed by atoms with E-state index >= 15 is 0 Å². The average molecular weight is 189 g/mol. The molecule has 0 radical (unpaired) electrons. The summed E-state index contributed by atoms with van der Waals surface area (Å²) in [6, 6.07) is 8.12. The van der Waals surface area contributed by atoms with E-state index in [-0.39, 0.29) is 0 Å². The first-order valence-corrected chi connectivity index (χ1v) is 4.95. The summed E-state index contributed by atoms with van der Waals surface area (Å²) < 4.78 is 5.63. The minimum Gasteiger partial charge on any atom is -0.492 e. The van der Waals surface area contributed by atoms with Crippen LogP contribution in [0.25, 0.3) is 5.57 Å². The summed E-state index contributed by atoms with van der Waals surface area (Å²) in [7, 11) is 0. The highest BCUT2D eigenvalue weighted by Crippen LogP contribution is 2.35. The second-order valence-corrected chi connectivity index (χ2v) is 3.60. The lowest BCUT2D eigenvalue weighted by Gasteiger charge is -2.25. The van der Waals surface area contributed by atoms with Crippen molar-refractivity contribution in [2.45, 2.75) is 6.92 Å². The van der Waals surface area contributed by atoms with Gasteiger partial charge in [-0.15, -0.1) is 0 Å². The molecule has 0 fully saturated rings.